The van der Waals surface area contributed by atoms with Crippen LogP contribution in [0.1, 0.15) is 29.7 Å². The van der Waals surface area contributed by atoms with Gasteiger partial charge in [-0.25, -0.2) is 0 Å². The van der Waals surface area contributed by atoms with Gasteiger partial charge in [-0.3, -0.25) is 4.90 Å². The quantitative estimate of drug-likeness (QED) is 0.721. The molecule has 0 bridgehead atoms. The number of nitrogens with zero attached hydrogens (tertiary/aromatic N) is 1. The van der Waals surface area contributed by atoms with Crippen LogP contribution < -0.4 is 14.2 Å². The number of benzene rings is 2. The molecule has 2 aromatic rings. The van der Waals surface area contributed by atoms with E-state index in [0.29, 0.717) is 6.04 Å². The average Bonchev–Trinajstić information content (AvgIpc) is 2.68. The lowest BCUT2D eigenvalue weighted by Crippen LogP contribution is -2.40. The molecular weight excluding hydrogens is 326 g/mol. The second kappa shape index (κ2) is 7.83. The maximum Gasteiger partial charge on any atom is 0.161 e. The van der Waals surface area contributed by atoms with Crippen LogP contribution in [0.3, 0.4) is 0 Å². The maximum absolute atomic E-state index is 5.51. The summed E-state index contributed by atoms with van der Waals surface area (Å²) in [5.41, 5.74) is 3.80. The normalized spacial score (nSPS) is 19.5. The molecule has 4 nitrogen and oxygen atoms in total. The Morgan fingerprint density at radius 2 is 1.69 bits per heavy atom. The first-order valence-electron chi connectivity index (χ1n) is 8.87. The lowest BCUT2D eigenvalue weighted by Gasteiger charge is -2.41. The SMILES string of the molecule is C=CC1c2cc(OC)c(OC)cc2CC(C)N1Cc1ccc(OC)cc1. The lowest BCUT2D eigenvalue weighted by molar-refractivity contribution is 0.145. The Morgan fingerprint density at radius 3 is 2.27 bits per heavy atom. The highest BCUT2D eigenvalue weighted by Crippen LogP contribution is 2.41. The molecule has 0 amide bonds. The van der Waals surface area contributed by atoms with E-state index in [1.807, 2.05) is 18.2 Å². The summed E-state index contributed by atoms with van der Waals surface area (Å²) < 4.78 is 16.2. The van der Waals surface area contributed by atoms with Crippen molar-refractivity contribution in [3.05, 3.63) is 65.7 Å². The molecule has 0 spiro atoms. The summed E-state index contributed by atoms with van der Waals surface area (Å²) in [6.07, 6.45) is 2.99. The van der Waals surface area contributed by atoms with Crippen molar-refractivity contribution in [2.24, 2.45) is 0 Å². The van der Waals surface area contributed by atoms with Gasteiger partial charge >= 0.3 is 0 Å². The van der Waals surface area contributed by atoms with Gasteiger partial charge in [-0.1, -0.05) is 18.2 Å². The van der Waals surface area contributed by atoms with E-state index in [1.54, 1.807) is 21.3 Å². The zero-order valence-electron chi connectivity index (χ0n) is 16.0. The number of hydrogen-bond acceptors (Lipinski definition) is 4. The van der Waals surface area contributed by atoms with Gasteiger partial charge < -0.3 is 14.2 Å². The van der Waals surface area contributed by atoms with Crippen LogP contribution in [-0.4, -0.2) is 32.3 Å². The van der Waals surface area contributed by atoms with E-state index in [-0.39, 0.29) is 6.04 Å². The molecule has 1 aliphatic rings. The van der Waals surface area contributed by atoms with Crippen LogP contribution in [0, 0.1) is 0 Å². The van der Waals surface area contributed by atoms with Gasteiger partial charge in [-0.15, -0.1) is 6.58 Å². The Morgan fingerprint density at radius 1 is 1.04 bits per heavy atom. The number of hydrogen-bond donors (Lipinski definition) is 0. The molecule has 0 aliphatic carbocycles. The fraction of sp³-hybridized carbons (Fsp3) is 0.364. The van der Waals surface area contributed by atoms with E-state index in [0.717, 1.165) is 30.2 Å². The van der Waals surface area contributed by atoms with Gasteiger partial charge in [-0.2, -0.15) is 0 Å². The average molecular weight is 353 g/mol. The number of methoxy groups -OCH3 is 3. The fourth-order valence-electron chi connectivity index (χ4n) is 3.74. The van der Waals surface area contributed by atoms with Gasteiger partial charge in [0.1, 0.15) is 5.75 Å². The fourth-order valence-corrected chi connectivity index (χ4v) is 3.74. The second-order valence-corrected chi connectivity index (χ2v) is 6.66. The van der Waals surface area contributed by atoms with Gasteiger partial charge in [0.2, 0.25) is 0 Å². The van der Waals surface area contributed by atoms with E-state index in [4.69, 9.17) is 14.2 Å². The Hall–Kier alpha value is -2.46. The molecule has 1 aliphatic heterocycles. The summed E-state index contributed by atoms with van der Waals surface area (Å²) >= 11 is 0. The van der Waals surface area contributed by atoms with E-state index >= 15 is 0 Å². The van der Waals surface area contributed by atoms with E-state index in [2.05, 4.69) is 42.7 Å². The first-order chi connectivity index (χ1) is 12.6. The number of ether oxygens (including phenoxy) is 3. The minimum atomic E-state index is 0.135. The standard InChI is InChI=1S/C22H27NO3/c1-6-20-19-13-22(26-5)21(25-4)12-17(19)11-15(2)23(20)14-16-7-9-18(24-3)10-8-16/h6-10,12-13,15,20H,1,11,14H2,2-5H3. The molecule has 2 aromatic carbocycles. The van der Waals surface area contributed by atoms with Crippen LogP contribution >= 0.6 is 0 Å². The van der Waals surface area contributed by atoms with Crippen molar-refractivity contribution in [3.63, 3.8) is 0 Å². The summed E-state index contributed by atoms with van der Waals surface area (Å²) in [5.74, 6) is 2.42. The first-order valence-corrected chi connectivity index (χ1v) is 8.87. The smallest absolute Gasteiger partial charge is 0.161 e. The highest BCUT2D eigenvalue weighted by molar-refractivity contribution is 5.50. The van der Waals surface area contributed by atoms with E-state index in [9.17, 15) is 0 Å². The van der Waals surface area contributed by atoms with E-state index < -0.39 is 0 Å². The molecule has 0 saturated carbocycles. The van der Waals surface area contributed by atoms with Gasteiger partial charge in [0.15, 0.2) is 11.5 Å². The van der Waals surface area contributed by atoms with Crippen molar-refractivity contribution >= 4 is 0 Å². The molecule has 26 heavy (non-hydrogen) atoms. The Balaban J connectivity index is 1.94. The maximum atomic E-state index is 5.51. The molecule has 2 atom stereocenters. The molecule has 0 radical (unpaired) electrons. The van der Waals surface area contributed by atoms with Crippen molar-refractivity contribution in [1.29, 1.82) is 0 Å². The third-order valence-corrected chi connectivity index (χ3v) is 5.15. The van der Waals surface area contributed by atoms with Crippen LogP contribution in [0.15, 0.2) is 49.1 Å². The summed E-state index contributed by atoms with van der Waals surface area (Å²) in [6.45, 7) is 7.22. The third kappa shape index (κ3) is 3.42. The zero-order chi connectivity index (χ0) is 18.7. The molecule has 138 valence electrons. The highest BCUT2D eigenvalue weighted by Gasteiger charge is 2.31. The molecule has 0 saturated heterocycles. The van der Waals surface area contributed by atoms with Gasteiger partial charge in [0.05, 0.1) is 27.4 Å². The van der Waals surface area contributed by atoms with E-state index in [1.165, 1.54) is 16.7 Å². The van der Waals surface area contributed by atoms with Crippen molar-refractivity contribution in [2.45, 2.75) is 32.0 Å². The minimum absolute atomic E-state index is 0.135. The highest BCUT2D eigenvalue weighted by atomic mass is 16.5. The first kappa shape index (κ1) is 18.3. The van der Waals surface area contributed by atoms with Gasteiger partial charge in [0.25, 0.3) is 0 Å². The van der Waals surface area contributed by atoms with Crippen molar-refractivity contribution < 1.29 is 14.2 Å². The minimum Gasteiger partial charge on any atom is -0.497 e. The Kier molecular flexibility index (Phi) is 5.52. The lowest BCUT2D eigenvalue weighted by atomic mass is 9.87. The third-order valence-electron chi connectivity index (χ3n) is 5.15. The zero-order valence-corrected chi connectivity index (χ0v) is 16.0. The molecule has 2 unspecified atom stereocenters. The predicted octanol–water partition coefficient (Wildman–Crippen LogP) is 4.39. The van der Waals surface area contributed by atoms with Crippen molar-refractivity contribution in [1.82, 2.24) is 4.90 Å². The molecule has 0 fully saturated rings. The van der Waals surface area contributed by atoms with Crippen molar-refractivity contribution in [2.75, 3.05) is 21.3 Å². The summed E-state index contributed by atoms with van der Waals surface area (Å²) in [7, 11) is 5.04. The van der Waals surface area contributed by atoms with Crippen LogP contribution in [0.5, 0.6) is 17.2 Å². The molecule has 0 aromatic heterocycles. The largest absolute Gasteiger partial charge is 0.497 e. The molecule has 1 heterocycles. The van der Waals surface area contributed by atoms with Crippen LogP contribution in [0.25, 0.3) is 0 Å². The van der Waals surface area contributed by atoms with Gasteiger partial charge in [-0.05, 0) is 54.3 Å². The second-order valence-electron chi connectivity index (χ2n) is 6.66. The molecule has 4 heteroatoms. The molecule has 3 rings (SSSR count). The van der Waals surface area contributed by atoms with Crippen LogP contribution in [0.4, 0.5) is 0 Å². The number of rotatable bonds is 6. The summed E-state index contributed by atoms with van der Waals surface area (Å²) in [5, 5.41) is 0. The topological polar surface area (TPSA) is 30.9 Å². The van der Waals surface area contributed by atoms with Gasteiger partial charge in [0, 0.05) is 12.6 Å². The monoisotopic (exact) mass is 353 g/mol. The molecular formula is C22H27NO3. The van der Waals surface area contributed by atoms with Crippen LogP contribution in [0.2, 0.25) is 0 Å². The van der Waals surface area contributed by atoms with Crippen molar-refractivity contribution in [3.8, 4) is 17.2 Å². The summed E-state index contributed by atoms with van der Waals surface area (Å²) in [6, 6.07) is 13.0. The summed E-state index contributed by atoms with van der Waals surface area (Å²) in [4.78, 5) is 2.48. The molecule has 0 N–H and O–H groups in total. The Bertz CT molecular complexity index is 770. The predicted molar refractivity (Wildman–Crippen MR) is 104 cm³/mol. The number of fused-ring (bicyclic) bond motifs is 1. The Labute approximate surface area is 156 Å². The van der Waals surface area contributed by atoms with Crippen LogP contribution in [-0.2, 0) is 13.0 Å².